The van der Waals surface area contributed by atoms with Crippen LogP contribution in [0.4, 0.5) is 0 Å². The standard InChI is InChI=1S/C46H48N2O8/c1-47-20-18-31-25-39(51-4)41-26-34(31)36(47)22-28-12-15-32(16-13-28)55-40-24-29(14-17-38(40)50-3)23-37-42-33(19-21-48(37)2)35(43(52-5)45(53-6)44(42)56-41)27-54-46(49)30-10-8-7-9-11-30/h7-17,24-26,36-37H,18-23,27H2,1-6H3. The van der Waals surface area contributed by atoms with Crippen LogP contribution in [0.15, 0.2) is 84.9 Å². The number of likely N-dealkylation sites (N-methyl/N-ethyl adjacent to an activating group) is 2. The Kier molecular flexibility index (Phi) is 10.5. The molecule has 290 valence electrons. The molecule has 0 N–H and O–H groups in total. The van der Waals surface area contributed by atoms with Gasteiger partial charge >= 0.3 is 5.97 Å². The van der Waals surface area contributed by atoms with E-state index in [-0.39, 0.29) is 18.7 Å². The fourth-order valence-corrected chi connectivity index (χ4v) is 8.45. The lowest BCUT2D eigenvalue weighted by atomic mass is 9.84. The summed E-state index contributed by atoms with van der Waals surface area (Å²) < 4.78 is 43.9. The van der Waals surface area contributed by atoms with Gasteiger partial charge in [0.2, 0.25) is 5.75 Å². The summed E-state index contributed by atoms with van der Waals surface area (Å²) in [6.45, 7) is 1.65. The first-order valence-electron chi connectivity index (χ1n) is 19.0. The van der Waals surface area contributed by atoms with Gasteiger partial charge in [-0.15, -0.1) is 0 Å². The lowest BCUT2D eigenvalue weighted by molar-refractivity contribution is 0.0467. The topological polar surface area (TPSA) is 88.2 Å². The van der Waals surface area contributed by atoms with E-state index in [2.05, 4.69) is 54.2 Å². The molecule has 4 aliphatic rings. The van der Waals surface area contributed by atoms with Gasteiger partial charge in [-0.1, -0.05) is 36.4 Å². The Bertz CT molecular complexity index is 2240. The molecule has 5 aromatic carbocycles. The van der Waals surface area contributed by atoms with Crippen molar-refractivity contribution in [1.29, 1.82) is 0 Å². The molecule has 9 rings (SSSR count). The SMILES string of the molecule is COc1ccc2cc1Oc1ccc(cc1)CC1c3cc(c(OC)cc3CCN1C)Oc1c(OC)c(OC)c(COC(=O)c3ccccc3)c3c1C(C2)N(C)CC3. The van der Waals surface area contributed by atoms with Gasteiger partial charge in [-0.05, 0) is 116 Å². The second-order valence-electron chi connectivity index (χ2n) is 14.6. The molecule has 2 unspecified atom stereocenters. The smallest absolute Gasteiger partial charge is 0.338 e. The molecular weight excluding hydrogens is 709 g/mol. The summed E-state index contributed by atoms with van der Waals surface area (Å²) in [7, 11) is 10.9. The predicted molar refractivity (Wildman–Crippen MR) is 213 cm³/mol. The molecule has 0 aromatic heterocycles. The van der Waals surface area contributed by atoms with Gasteiger partial charge in [0.15, 0.2) is 34.5 Å². The average molecular weight is 757 g/mol. The Morgan fingerprint density at radius 2 is 1.38 bits per heavy atom. The molecule has 0 amide bonds. The molecule has 0 saturated heterocycles. The summed E-state index contributed by atoms with van der Waals surface area (Å²) in [5, 5.41) is 0. The third-order valence-electron chi connectivity index (χ3n) is 11.5. The maximum absolute atomic E-state index is 13.3. The maximum Gasteiger partial charge on any atom is 0.338 e. The number of hydrogen-bond acceptors (Lipinski definition) is 10. The number of methoxy groups -OCH3 is 4. The summed E-state index contributed by atoms with van der Waals surface area (Å²) in [4.78, 5) is 18.0. The van der Waals surface area contributed by atoms with E-state index >= 15 is 0 Å². The number of carbonyl (C=O) groups excluding carboxylic acids is 1. The Balaban J connectivity index is 1.35. The second kappa shape index (κ2) is 15.8. The zero-order valence-corrected chi connectivity index (χ0v) is 32.8. The maximum atomic E-state index is 13.3. The van der Waals surface area contributed by atoms with Gasteiger partial charge in [-0.25, -0.2) is 4.79 Å². The van der Waals surface area contributed by atoms with Crippen molar-refractivity contribution in [2.24, 2.45) is 0 Å². The van der Waals surface area contributed by atoms with Crippen LogP contribution in [0.25, 0.3) is 0 Å². The van der Waals surface area contributed by atoms with E-state index < -0.39 is 5.97 Å². The van der Waals surface area contributed by atoms with Gasteiger partial charge in [0.25, 0.3) is 0 Å². The molecule has 0 aliphatic carbocycles. The zero-order chi connectivity index (χ0) is 38.9. The van der Waals surface area contributed by atoms with Crippen LogP contribution in [0.3, 0.4) is 0 Å². The van der Waals surface area contributed by atoms with Crippen LogP contribution in [-0.4, -0.2) is 71.4 Å². The number of esters is 1. The van der Waals surface area contributed by atoms with Crippen LogP contribution >= 0.6 is 0 Å². The van der Waals surface area contributed by atoms with Crippen molar-refractivity contribution in [3.63, 3.8) is 0 Å². The Morgan fingerprint density at radius 1 is 0.696 bits per heavy atom. The van der Waals surface area contributed by atoms with Crippen LogP contribution in [-0.2, 0) is 37.0 Å². The number of benzene rings is 5. The second-order valence-corrected chi connectivity index (χ2v) is 14.6. The van der Waals surface area contributed by atoms with E-state index in [9.17, 15) is 4.79 Å². The molecule has 6 bridgehead atoms. The molecule has 10 heteroatoms. The van der Waals surface area contributed by atoms with Crippen molar-refractivity contribution in [2.45, 2.75) is 44.4 Å². The molecule has 5 aromatic rings. The average Bonchev–Trinajstić information content (AvgIpc) is 3.22. The van der Waals surface area contributed by atoms with Crippen molar-refractivity contribution in [3.05, 3.63) is 129 Å². The lowest BCUT2D eigenvalue weighted by Crippen LogP contribution is -2.35. The highest BCUT2D eigenvalue weighted by Crippen LogP contribution is 2.54. The van der Waals surface area contributed by atoms with E-state index in [0.29, 0.717) is 58.7 Å². The number of hydrogen-bond donors (Lipinski definition) is 0. The third kappa shape index (κ3) is 6.99. The van der Waals surface area contributed by atoms with Crippen LogP contribution in [0, 0.1) is 0 Å². The van der Waals surface area contributed by atoms with Gasteiger partial charge in [-0.3, -0.25) is 9.80 Å². The molecule has 0 spiro atoms. The normalized spacial score (nSPS) is 17.7. The van der Waals surface area contributed by atoms with Gasteiger partial charge in [0, 0.05) is 36.3 Å². The van der Waals surface area contributed by atoms with Gasteiger partial charge in [-0.2, -0.15) is 0 Å². The minimum Gasteiger partial charge on any atom is -0.493 e. The van der Waals surface area contributed by atoms with Crippen molar-refractivity contribution >= 4 is 5.97 Å². The van der Waals surface area contributed by atoms with E-state index in [1.807, 2.05) is 42.5 Å². The Labute approximate surface area is 328 Å². The molecular formula is C46H48N2O8. The van der Waals surface area contributed by atoms with Gasteiger partial charge in [0.05, 0.1) is 34.0 Å². The summed E-state index contributed by atoms with van der Waals surface area (Å²) in [5.41, 5.74) is 7.80. The van der Waals surface area contributed by atoms with Crippen molar-refractivity contribution in [3.8, 4) is 46.0 Å². The summed E-state index contributed by atoms with van der Waals surface area (Å²) in [5.74, 6) is 4.22. The van der Waals surface area contributed by atoms with E-state index in [0.717, 1.165) is 53.9 Å². The van der Waals surface area contributed by atoms with Crippen molar-refractivity contribution in [1.82, 2.24) is 9.80 Å². The minimum atomic E-state index is -0.420. The molecule has 0 radical (unpaired) electrons. The number of ether oxygens (including phenoxy) is 7. The summed E-state index contributed by atoms with van der Waals surface area (Å²) in [6.07, 6.45) is 2.95. The molecule has 4 heterocycles. The summed E-state index contributed by atoms with van der Waals surface area (Å²) >= 11 is 0. The molecule has 0 fully saturated rings. The Morgan fingerprint density at radius 3 is 2.11 bits per heavy atom. The number of rotatable bonds is 7. The molecule has 4 aliphatic heterocycles. The number of nitrogens with zero attached hydrogens (tertiary/aromatic N) is 2. The monoisotopic (exact) mass is 756 g/mol. The fraction of sp³-hybridized carbons (Fsp3) is 0.326. The summed E-state index contributed by atoms with van der Waals surface area (Å²) in [6, 6.07) is 27.6. The fourth-order valence-electron chi connectivity index (χ4n) is 8.45. The van der Waals surface area contributed by atoms with Crippen LogP contribution < -0.4 is 28.4 Å². The van der Waals surface area contributed by atoms with E-state index in [1.165, 1.54) is 16.7 Å². The van der Waals surface area contributed by atoms with Crippen LogP contribution in [0.5, 0.6) is 46.0 Å². The number of carbonyl (C=O) groups is 1. The largest absolute Gasteiger partial charge is 0.493 e. The molecule has 56 heavy (non-hydrogen) atoms. The quantitative estimate of drug-likeness (QED) is 0.151. The third-order valence-corrected chi connectivity index (χ3v) is 11.5. The number of fused-ring (bicyclic) bond motifs is 2. The van der Waals surface area contributed by atoms with Crippen molar-refractivity contribution in [2.75, 3.05) is 55.6 Å². The van der Waals surface area contributed by atoms with Gasteiger partial charge in [0.1, 0.15) is 12.4 Å². The highest BCUT2D eigenvalue weighted by molar-refractivity contribution is 5.89. The lowest BCUT2D eigenvalue weighted by Gasteiger charge is -2.38. The Hall–Kier alpha value is -5.71. The first kappa shape index (κ1) is 37.2. The van der Waals surface area contributed by atoms with Crippen LogP contribution in [0.2, 0.25) is 0 Å². The van der Waals surface area contributed by atoms with Gasteiger partial charge < -0.3 is 33.2 Å². The van der Waals surface area contributed by atoms with Crippen molar-refractivity contribution < 1.29 is 38.0 Å². The highest BCUT2D eigenvalue weighted by Gasteiger charge is 2.37. The molecule has 10 nitrogen and oxygen atoms in total. The van der Waals surface area contributed by atoms with E-state index in [4.69, 9.17) is 33.2 Å². The van der Waals surface area contributed by atoms with E-state index in [1.54, 1.807) is 40.6 Å². The molecule has 0 saturated carbocycles. The zero-order valence-electron chi connectivity index (χ0n) is 32.8. The molecule has 2 atom stereocenters. The van der Waals surface area contributed by atoms with Crippen LogP contribution in [0.1, 0.15) is 61.4 Å². The predicted octanol–water partition coefficient (Wildman–Crippen LogP) is 8.52. The first-order valence-corrected chi connectivity index (χ1v) is 19.0. The first-order chi connectivity index (χ1) is 27.3. The highest BCUT2D eigenvalue weighted by atomic mass is 16.6. The minimum absolute atomic E-state index is 0.0124.